The molecule has 0 unspecified atom stereocenters. The van der Waals surface area contributed by atoms with Crippen LogP contribution in [-0.2, 0) is 35.5 Å². The number of benzene rings is 2. The Morgan fingerprint density at radius 2 is 1.57 bits per heavy atom. The van der Waals surface area contributed by atoms with Gasteiger partial charge in [-0.2, -0.15) is 0 Å². The summed E-state index contributed by atoms with van der Waals surface area (Å²) < 4.78 is 9.47. The van der Waals surface area contributed by atoms with Crippen LogP contribution in [0.25, 0.3) is 0 Å². The van der Waals surface area contributed by atoms with Gasteiger partial charge in [-0.25, -0.2) is 18.9 Å². The van der Waals surface area contributed by atoms with Crippen molar-refractivity contribution < 1.29 is 24.2 Å². The van der Waals surface area contributed by atoms with E-state index in [1.807, 2.05) is 86.8 Å². The van der Waals surface area contributed by atoms with Gasteiger partial charge in [0.2, 0.25) is 5.91 Å². The lowest BCUT2D eigenvalue weighted by molar-refractivity contribution is -0.124. The first-order chi connectivity index (χ1) is 24.5. The zero-order chi connectivity index (χ0) is 36.8. The zero-order valence-corrected chi connectivity index (χ0v) is 31.6. The number of aliphatic hydroxyl groups is 1. The summed E-state index contributed by atoms with van der Waals surface area (Å²) in [4.78, 5) is 47.5. The second-order valence-electron chi connectivity index (χ2n) is 13.2. The molecule has 4 atom stereocenters. The molecule has 4 amide bonds. The van der Waals surface area contributed by atoms with Crippen LogP contribution in [0.4, 0.5) is 9.59 Å². The molecule has 0 spiro atoms. The van der Waals surface area contributed by atoms with E-state index in [-0.39, 0.29) is 30.9 Å². The predicted octanol–water partition coefficient (Wildman–Crippen LogP) is 6.30. The van der Waals surface area contributed by atoms with Crippen LogP contribution in [0.1, 0.15) is 73.7 Å². The molecule has 4 rings (SSSR count). The quantitative estimate of drug-likeness (QED) is 0.0940. The van der Waals surface area contributed by atoms with Gasteiger partial charge in [-0.05, 0) is 60.8 Å². The minimum absolute atomic E-state index is 0.0673. The topological polar surface area (TPSA) is 146 Å². The highest BCUT2D eigenvalue weighted by Crippen LogP contribution is 2.20. The van der Waals surface area contributed by atoms with Crippen molar-refractivity contribution in [2.45, 2.75) is 97.2 Å². The monoisotopic (exact) mass is 734 g/mol. The number of aliphatic hydroxyl groups excluding tert-OH is 1. The number of nitrogens with zero attached hydrogens (tertiary/aromatic N) is 3. The summed E-state index contributed by atoms with van der Waals surface area (Å²) in [5, 5.41) is 23.6. The molecule has 0 fully saturated rings. The van der Waals surface area contributed by atoms with Gasteiger partial charge in [0, 0.05) is 30.1 Å². The van der Waals surface area contributed by atoms with Crippen LogP contribution >= 0.6 is 22.9 Å². The molecule has 0 saturated heterocycles. The number of carbonyl (C=O) groups is 3. The third-order valence-electron chi connectivity index (χ3n) is 8.41. The maximum Gasteiger partial charge on any atom is 0.407 e. The number of alkyl carbamates (subject to hydrolysis) is 1. The molecule has 274 valence electrons. The maximum absolute atomic E-state index is 14.0. The summed E-state index contributed by atoms with van der Waals surface area (Å²) in [6.07, 6.45) is 0.845. The Kier molecular flexibility index (Phi) is 15.4. The van der Waals surface area contributed by atoms with Crippen molar-refractivity contribution in [2.75, 3.05) is 6.54 Å². The van der Waals surface area contributed by atoms with Gasteiger partial charge in [0.1, 0.15) is 12.6 Å². The van der Waals surface area contributed by atoms with E-state index in [4.69, 9.17) is 4.74 Å². The number of ether oxygens (including phenoxy) is 1. The highest BCUT2D eigenvalue weighted by Gasteiger charge is 2.31. The average Bonchev–Trinajstić information content (AvgIpc) is 3.82. The molecule has 4 N–H and O–H groups in total. The average molecular weight is 735 g/mol. The normalized spacial score (nSPS) is 13.6. The number of thiazole rings is 1. The fourth-order valence-corrected chi connectivity index (χ4v) is 6.90. The van der Waals surface area contributed by atoms with Crippen LogP contribution in [0.3, 0.4) is 0 Å². The highest BCUT2D eigenvalue weighted by molar-refractivity contribution is 7.09. The molecule has 51 heavy (non-hydrogen) atoms. The Morgan fingerprint density at radius 3 is 2.14 bits per heavy atom. The molecule has 0 saturated carbocycles. The molecule has 13 heteroatoms. The van der Waals surface area contributed by atoms with E-state index in [0.29, 0.717) is 31.8 Å². The molecule has 0 radical (unpaired) electrons. The second kappa shape index (κ2) is 19.9. The molecule has 11 nitrogen and oxygen atoms in total. The smallest absolute Gasteiger partial charge is 0.407 e. The number of rotatable bonds is 18. The minimum atomic E-state index is -1.05. The van der Waals surface area contributed by atoms with E-state index in [1.165, 1.54) is 11.5 Å². The first kappa shape index (κ1) is 39.5. The van der Waals surface area contributed by atoms with Crippen LogP contribution in [-0.4, -0.2) is 68.2 Å². The molecule has 2 heterocycles. The van der Waals surface area contributed by atoms with Crippen LogP contribution in [0.2, 0.25) is 0 Å². The lowest BCUT2D eigenvalue weighted by atomic mass is 9.93. The van der Waals surface area contributed by atoms with E-state index in [0.717, 1.165) is 26.7 Å². The Balaban J connectivity index is 1.48. The fraction of sp³-hybridized carbons (Fsp3) is 0.447. The SMILES string of the molecule is CCN(Cc1csc(C(C)C)n1)C(=O)N[C@H](C(=O)N[C@@H](Cc1ccccc1)C[C@H](O)[C@H](Cc1ccccc1)NC(=O)OCc1ccns1)C(C)C. The van der Waals surface area contributed by atoms with E-state index >= 15 is 0 Å². The number of carbonyl (C=O) groups excluding carboxylic acids is 3. The van der Waals surface area contributed by atoms with E-state index in [9.17, 15) is 19.5 Å². The number of urea groups is 1. The van der Waals surface area contributed by atoms with Gasteiger partial charge >= 0.3 is 12.1 Å². The number of aromatic nitrogens is 2. The number of hydrogen-bond donors (Lipinski definition) is 4. The van der Waals surface area contributed by atoms with Gasteiger partial charge in [0.05, 0.1) is 34.3 Å². The molecule has 0 aliphatic heterocycles. The molecule has 2 aromatic heterocycles. The van der Waals surface area contributed by atoms with E-state index in [1.54, 1.807) is 28.5 Å². The lowest BCUT2D eigenvalue weighted by Gasteiger charge is -2.31. The standard InChI is InChI=1S/C38H50N6O5S2/c1-6-44(22-30-24-50-36(41-30)26(4)5)37(47)43-34(25(2)3)35(46)40-29(19-27-13-9-7-10-14-27)21-33(45)32(20-28-15-11-8-12-16-28)42-38(48)49-23-31-17-18-39-51-31/h7-18,24-26,29,32-34,45H,6,19-23H2,1-5H3,(H,40,46)(H,42,48)(H,43,47)/t29-,32-,33-,34-/m0/s1. The van der Waals surface area contributed by atoms with E-state index < -0.39 is 30.3 Å². The summed E-state index contributed by atoms with van der Waals surface area (Å²) in [6.45, 7) is 10.7. The molecule has 0 aliphatic carbocycles. The van der Waals surface area contributed by atoms with Gasteiger partial charge in [0.15, 0.2) is 0 Å². The van der Waals surface area contributed by atoms with Crippen molar-refractivity contribution in [1.29, 1.82) is 0 Å². The third kappa shape index (κ3) is 12.7. The number of amides is 4. The van der Waals surface area contributed by atoms with Crippen molar-refractivity contribution in [3.05, 3.63) is 105 Å². The predicted molar refractivity (Wildman–Crippen MR) is 202 cm³/mol. The first-order valence-electron chi connectivity index (χ1n) is 17.4. The Morgan fingerprint density at radius 1 is 0.902 bits per heavy atom. The molecule has 4 aromatic rings. The Labute approximate surface area is 309 Å². The third-order valence-corrected chi connectivity index (χ3v) is 10.3. The zero-order valence-electron chi connectivity index (χ0n) is 30.0. The summed E-state index contributed by atoms with van der Waals surface area (Å²) in [6, 6.07) is 18.6. The Hall–Kier alpha value is -4.33. The molecular formula is C38H50N6O5S2. The fourth-order valence-electron chi connectivity index (χ4n) is 5.58. The van der Waals surface area contributed by atoms with E-state index in [2.05, 4.69) is 39.2 Å². The maximum atomic E-state index is 14.0. The Bertz CT molecular complexity index is 1630. The van der Waals surface area contributed by atoms with Gasteiger partial charge in [-0.15, -0.1) is 11.3 Å². The van der Waals surface area contributed by atoms with Crippen molar-refractivity contribution >= 4 is 40.9 Å². The number of nitrogens with one attached hydrogen (secondary N) is 3. The van der Waals surface area contributed by atoms with Crippen LogP contribution in [0, 0.1) is 5.92 Å². The van der Waals surface area contributed by atoms with Gasteiger partial charge in [-0.1, -0.05) is 88.4 Å². The van der Waals surface area contributed by atoms with Crippen molar-refractivity contribution in [3.63, 3.8) is 0 Å². The van der Waals surface area contributed by atoms with Gasteiger partial charge in [0.25, 0.3) is 0 Å². The van der Waals surface area contributed by atoms with Crippen LogP contribution in [0.5, 0.6) is 0 Å². The van der Waals surface area contributed by atoms with Gasteiger partial charge in [-0.3, -0.25) is 4.79 Å². The summed E-state index contributed by atoms with van der Waals surface area (Å²) in [7, 11) is 0. The first-order valence-corrected chi connectivity index (χ1v) is 19.1. The van der Waals surface area contributed by atoms with Crippen LogP contribution < -0.4 is 16.0 Å². The van der Waals surface area contributed by atoms with Gasteiger partial charge < -0.3 is 30.7 Å². The second-order valence-corrected chi connectivity index (χ2v) is 15.0. The number of hydrogen-bond acceptors (Lipinski definition) is 9. The minimum Gasteiger partial charge on any atom is -0.444 e. The van der Waals surface area contributed by atoms with Crippen molar-refractivity contribution in [2.24, 2.45) is 5.92 Å². The molecular weight excluding hydrogens is 685 g/mol. The largest absolute Gasteiger partial charge is 0.444 e. The molecule has 0 bridgehead atoms. The molecule has 0 aliphatic rings. The summed E-state index contributed by atoms with van der Waals surface area (Å²) in [5.41, 5.74) is 2.71. The molecule has 2 aromatic carbocycles. The summed E-state index contributed by atoms with van der Waals surface area (Å²) in [5.74, 6) is -0.270. The van der Waals surface area contributed by atoms with Crippen molar-refractivity contribution in [3.8, 4) is 0 Å². The van der Waals surface area contributed by atoms with Crippen LogP contribution in [0.15, 0.2) is 78.3 Å². The lowest BCUT2D eigenvalue weighted by Crippen LogP contribution is -2.56. The highest BCUT2D eigenvalue weighted by atomic mass is 32.1. The van der Waals surface area contributed by atoms with Crippen molar-refractivity contribution in [1.82, 2.24) is 30.2 Å². The summed E-state index contributed by atoms with van der Waals surface area (Å²) >= 11 is 2.82.